The number of ether oxygens (including phenoxy) is 3. The average Bonchev–Trinajstić information content (AvgIpc) is 3.29. The van der Waals surface area contributed by atoms with Gasteiger partial charge in [0.25, 0.3) is 0 Å². The molecule has 6 heteroatoms. The first-order valence-electron chi connectivity index (χ1n) is 26.0. The van der Waals surface area contributed by atoms with E-state index in [4.69, 9.17) is 14.2 Å². The molecule has 0 spiro atoms. The van der Waals surface area contributed by atoms with Gasteiger partial charge in [-0.3, -0.25) is 14.4 Å². The third kappa shape index (κ3) is 49.1. The maximum absolute atomic E-state index is 12.8. The number of allylic oxidation sites excluding steroid dienone is 18. The molecule has 0 fully saturated rings. The lowest BCUT2D eigenvalue weighted by atomic mass is 10.0. The molecule has 0 rings (SSSR count). The largest absolute Gasteiger partial charge is 0.462 e. The van der Waals surface area contributed by atoms with Crippen LogP contribution < -0.4 is 0 Å². The van der Waals surface area contributed by atoms with E-state index >= 15 is 0 Å². The summed E-state index contributed by atoms with van der Waals surface area (Å²) < 4.78 is 16.7. The van der Waals surface area contributed by atoms with Crippen molar-refractivity contribution in [3.8, 4) is 0 Å². The Kier molecular flexibility index (Phi) is 48.5. The number of unbranched alkanes of at least 4 members (excludes halogenated alkanes) is 20. The molecule has 64 heavy (non-hydrogen) atoms. The van der Waals surface area contributed by atoms with Gasteiger partial charge >= 0.3 is 17.9 Å². The predicted molar refractivity (Wildman–Crippen MR) is 274 cm³/mol. The summed E-state index contributed by atoms with van der Waals surface area (Å²) in [6, 6.07) is 0. The van der Waals surface area contributed by atoms with Crippen molar-refractivity contribution in [2.24, 2.45) is 0 Å². The fourth-order valence-electron chi connectivity index (χ4n) is 6.75. The molecule has 6 nitrogen and oxygen atoms in total. The lowest BCUT2D eigenvalue weighted by Crippen LogP contribution is -2.30. The van der Waals surface area contributed by atoms with Crippen molar-refractivity contribution in [3.63, 3.8) is 0 Å². The Morgan fingerprint density at radius 1 is 0.344 bits per heavy atom. The van der Waals surface area contributed by atoms with Crippen LogP contribution in [0.5, 0.6) is 0 Å². The Morgan fingerprint density at radius 3 is 1.19 bits per heavy atom. The summed E-state index contributed by atoms with van der Waals surface area (Å²) in [7, 11) is 0. The van der Waals surface area contributed by atoms with E-state index in [1.807, 2.05) is 48.6 Å². The second-order valence-corrected chi connectivity index (χ2v) is 16.8. The van der Waals surface area contributed by atoms with Gasteiger partial charge in [0.2, 0.25) is 0 Å². The van der Waals surface area contributed by atoms with Crippen molar-refractivity contribution in [2.45, 2.75) is 226 Å². The smallest absolute Gasteiger partial charge is 0.306 e. The van der Waals surface area contributed by atoms with E-state index in [-0.39, 0.29) is 44.0 Å². The van der Waals surface area contributed by atoms with Crippen LogP contribution in [-0.2, 0) is 28.6 Å². The van der Waals surface area contributed by atoms with Crippen molar-refractivity contribution in [2.75, 3.05) is 13.2 Å². The molecule has 0 aliphatic heterocycles. The van der Waals surface area contributed by atoms with Crippen LogP contribution >= 0.6 is 0 Å². The van der Waals surface area contributed by atoms with Crippen LogP contribution in [0.25, 0.3) is 0 Å². The van der Waals surface area contributed by atoms with Crippen molar-refractivity contribution in [1.29, 1.82) is 0 Å². The van der Waals surface area contributed by atoms with Crippen LogP contribution in [0.3, 0.4) is 0 Å². The van der Waals surface area contributed by atoms with Gasteiger partial charge in [-0.05, 0) is 77.0 Å². The van der Waals surface area contributed by atoms with Crippen molar-refractivity contribution >= 4 is 17.9 Å². The minimum absolute atomic E-state index is 0.113. The monoisotopic (exact) mass is 887 g/mol. The molecule has 0 aromatic carbocycles. The lowest BCUT2D eigenvalue weighted by Gasteiger charge is -2.18. The van der Waals surface area contributed by atoms with Crippen LogP contribution in [0.4, 0.5) is 0 Å². The van der Waals surface area contributed by atoms with Crippen LogP contribution in [0.2, 0.25) is 0 Å². The third-order valence-corrected chi connectivity index (χ3v) is 10.6. The zero-order valence-electron chi connectivity index (χ0n) is 41.3. The summed E-state index contributed by atoms with van der Waals surface area (Å²) in [6.45, 7) is 6.37. The molecule has 0 aromatic rings. The van der Waals surface area contributed by atoms with Gasteiger partial charge in [-0.1, -0.05) is 233 Å². The Hall–Kier alpha value is -3.93. The van der Waals surface area contributed by atoms with Crippen LogP contribution in [0, 0.1) is 0 Å². The molecule has 0 radical (unpaired) electrons. The molecule has 1 atom stereocenters. The summed E-state index contributed by atoms with van der Waals surface area (Å²) in [4.78, 5) is 38.0. The number of esters is 3. The van der Waals surface area contributed by atoms with E-state index in [0.29, 0.717) is 19.3 Å². The second kappa shape index (κ2) is 51.7. The highest BCUT2D eigenvalue weighted by Gasteiger charge is 2.19. The highest BCUT2D eigenvalue weighted by atomic mass is 16.6. The molecule has 0 heterocycles. The molecule has 0 aliphatic carbocycles. The molecule has 0 bridgehead atoms. The highest BCUT2D eigenvalue weighted by molar-refractivity contribution is 5.71. The van der Waals surface area contributed by atoms with Crippen LogP contribution in [0.15, 0.2) is 109 Å². The van der Waals surface area contributed by atoms with E-state index < -0.39 is 6.10 Å². The molecule has 0 N–H and O–H groups in total. The number of carbonyl (C=O) groups is 3. The molecule has 0 aromatic heterocycles. The second-order valence-electron chi connectivity index (χ2n) is 16.8. The summed E-state index contributed by atoms with van der Waals surface area (Å²) in [5.41, 5.74) is 0. The van der Waals surface area contributed by atoms with Gasteiger partial charge < -0.3 is 14.2 Å². The van der Waals surface area contributed by atoms with Crippen molar-refractivity contribution in [1.82, 2.24) is 0 Å². The lowest BCUT2D eigenvalue weighted by molar-refractivity contribution is -0.167. The number of hydrogen-bond donors (Lipinski definition) is 0. The predicted octanol–water partition coefficient (Wildman–Crippen LogP) is 17.1. The van der Waals surface area contributed by atoms with Gasteiger partial charge in [0, 0.05) is 19.3 Å². The Morgan fingerprint density at radius 2 is 0.688 bits per heavy atom. The SMILES string of the molecule is CC\C=C/C=C\C=C/C=C\C=C/CCCCCC(=O)OC(COC(=O)CCC/C=C\C/C=C\C/C=C\C/C=C\CCCCC)COC(=O)CCCCCCCCCCCCCCCC. The maximum Gasteiger partial charge on any atom is 0.306 e. The fraction of sp³-hybridized carbons (Fsp3) is 0.638. The Bertz CT molecular complexity index is 1340. The van der Waals surface area contributed by atoms with Gasteiger partial charge in [0.1, 0.15) is 13.2 Å². The molecular formula is C58H94O6. The van der Waals surface area contributed by atoms with Crippen LogP contribution in [-0.4, -0.2) is 37.2 Å². The minimum atomic E-state index is -0.822. The van der Waals surface area contributed by atoms with Crippen LogP contribution in [0.1, 0.15) is 220 Å². The zero-order valence-corrected chi connectivity index (χ0v) is 41.3. The van der Waals surface area contributed by atoms with Crippen molar-refractivity contribution in [3.05, 3.63) is 109 Å². The van der Waals surface area contributed by atoms with E-state index in [1.165, 1.54) is 96.3 Å². The Labute approximate surface area is 393 Å². The van der Waals surface area contributed by atoms with Gasteiger partial charge in [-0.2, -0.15) is 0 Å². The van der Waals surface area contributed by atoms with Gasteiger partial charge in [-0.15, -0.1) is 0 Å². The summed E-state index contributed by atoms with van der Waals surface area (Å²) in [5, 5.41) is 0. The zero-order chi connectivity index (χ0) is 46.5. The van der Waals surface area contributed by atoms with E-state index in [1.54, 1.807) is 0 Å². The third-order valence-electron chi connectivity index (χ3n) is 10.6. The molecule has 362 valence electrons. The molecule has 0 amide bonds. The van der Waals surface area contributed by atoms with E-state index in [0.717, 1.165) is 70.6 Å². The molecule has 0 saturated heterocycles. The summed E-state index contributed by atoms with van der Waals surface area (Å²) in [6.07, 6.45) is 69.3. The number of hydrogen-bond acceptors (Lipinski definition) is 6. The summed E-state index contributed by atoms with van der Waals surface area (Å²) in [5.74, 6) is -1.02. The first-order valence-corrected chi connectivity index (χ1v) is 26.0. The van der Waals surface area contributed by atoms with E-state index in [2.05, 4.69) is 81.5 Å². The Balaban J connectivity index is 4.56. The highest BCUT2D eigenvalue weighted by Crippen LogP contribution is 2.14. The topological polar surface area (TPSA) is 78.9 Å². The molecule has 0 saturated carbocycles. The molecule has 1 unspecified atom stereocenters. The normalized spacial score (nSPS) is 13.0. The first kappa shape index (κ1) is 60.1. The first-order chi connectivity index (χ1) is 31.5. The minimum Gasteiger partial charge on any atom is -0.462 e. The fourth-order valence-corrected chi connectivity index (χ4v) is 6.75. The molecule has 0 aliphatic rings. The number of rotatable bonds is 45. The van der Waals surface area contributed by atoms with Gasteiger partial charge in [-0.25, -0.2) is 0 Å². The van der Waals surface area contributed by atoms with Gasteiger partial charge in [0.15, 0.2) is 6.10 Å². The quantitative estimate of drug-likeness (QED) is 0.0199. The summed E-state index contributed by atoms with van der Waals surface area (Å²) >= 11 is 0. The van der Waals surface area contributed by atoms with Gasteiger partial charge in [0.05, 0.1) is 0 Å². The average molecular weight is 887 g/mol. The standard InChI is InChI=1S/C58H94O6/c1-4-7-10-13-16-19-22-25-28-29-31-33-36-39-42-45-48-51-57(60)63-54-55(53-62-56(59)50-47-44-41-38-35-32-27-24-21-18-15-12-9-6-3)64-58(61)52-49-46-43-40-37-34-30-26-23-20-17-14-11-8-5-2/h8,11,14,16-17,19-20,23,25-26,28,30-31,33-34,37,39,42,55H,4-7,9-10,12-13,15,18,21-22,24,27,29,32,35-36,38,40-41,43-54H2,1-3H3/b11-8-,17-14-,19-16-,23-20-,28-25-,30-26-,33-31-,37-34-,42-39-. The van der Waals surface area contributed by atoms with E-state index in [9.17, 15) is 14.4 Å². The maximum atomic E-state index is 12.8. The number of carbonyl (C=O) groups excluding carboxylic acids is 3. The van der Waals surface area contributed by atoms with Crippen molar-refractivity contribution < 1.29 is 28.6 Å². The molecular weight excluding hydrogens is 793 g/mol.